The molecule has 2 aromatic rings. The molecule has 0 saturated heterocycles. The van der Waals surface area contributed by atoms with Gasteiger partial charge in [0.15, 0.2) is 0 Å². The first-order valence-corrected chi connectivity index (χ1v) is 6.93. The van der Waals surface area contributed by atoms with E-state index in [1.165, 1.54) is 0 Å². The highest BCUT2D eigenvalue weighted by atomic mass is 79.9. The average molecular weight is 371 g/mol. The number of nitrogens with one attached hydrogen (secondary N) is 1. The van der Waals surface area contributed by atoms with Crippen molar-refractivity contribution in [2.75, 3.05) is 5.32 Å². The number of aromatic nitrogens is 1. The van der Waals surface area contributed by atoms with E-state index in [0.29, 0.717) is 5.69 Å². The number of halogens is 2. The molecular formula is C13H9BrClN3O3. The van der Waals surface area contributed by atoms with Crippen LogP contribution in [0.2, 0.25) is 5.15 Å². The first-order chi connectivity index (χ1) is 9.88. The van der Waals surface area contributed by atoms with E-state index < -0.39 is 16.5 Å². The number of hydrogen-bond acceptors (Lipinski definition) is 4. The number of benzene rings is 1. The lowest BCUT2D eigenvalue weighted by Gasteiger charge is -2.07. The van der Waals surface area contributed by atoms with Crippen LogP contribution in [0.4, 0.5) is 11.4 Å². The molecule has 108 valence electrons. The maximum atomic E-state index is 12.2. The fraction of sp³-hybridized carbons (Fsp3) is 0.0769. The Hall–Kier alpha value is -1.99. The second-order valence-corrected chi connectivity index (χ2v) is 5.44. The minimum atomic E-state index is -0.677. The Kier molecular flexibility index (Phi) is 4.54. The molecule has 0 aliphatic carbocycles. The van der Waals surface area contributed by atoms with Crippen molar-refractivity contribution in [3.63, 3.8) is 0 Å². The normalized spacial score (nSPS) is 10.2. The zero-order valence-electron chi connectivity index (χ0n) is 10.8. The maximum absolute atomic E-state index is 12.2. The van der Waals surface area contributed by atoms with Crippen LogP contribution >= 0.6 is 27.5 Å². The van der Waals surface area contributed by atoms with Crippen molar-refractivity contribution in [2.24, 2.45) is 0 Å². The molecule has 0 fully saturated rings. The zero-order chi connectivity index (χ0) is 15.6. The van der Waals surface area contributed by atoms with E-state index in [9.17, 15) is 14.9 Å². The van der Waals surface area contributed by atoms with Crippen molar-refractivity contribution in [1.82, 2.24) is 4.98 Å². The minimum absolute atomic E-state index is 0.0100. The number of carbonyl (C=O) groups is 1. The Labute approximate surface area is 133 Å². The molecule has 1 heterocycles. The van der Waals surface area contributed by atoms with Crippen molar-refractivity contribution < 1.29 is 9.72 Å². The second kappa shape index (κ2) is 6.19. The monoisotopic (exact) mass is 369 g/mol. The zero-order valence-corrected chi connectivity index (χ0v) is 13.1. The molecule has 0 saturated carbocycles. The Morgan fingerprint density at radius 3 is 2.76 bits per heavy atom. The molecule has 6 nitrogen and oxygen atoms in total. The maximum Gasteiger partial charge on any atom is 0.300 e. The SMILES string of the molecule is Cc1ccc(NC(=O)c2cc(Cl)ncc2[N+](=O)[O-])cc1Br. The van der Waals surface area contributed by atoms with Gasteiger partial charge in [0.1, 0.15) is 16.9 Å². The molecule has 0 aliphatic heterocycles. The van der Waals surface area contributed by atoms with Gasteiger partial charge in [0.25, 0.3) is 11.6 Å². The van der Waals surface area contributed by atoms with Gasteiger partial charge in [-0.2, -0.15) is 0 Å². The van der Waals surface area contributed by atoms with E-state index in [1.807, 2.05) is 13.0 Å². The van der Waals surface area contributed by atoms with Gasteiger partial charge in [0.05, 0.1) is 4.92 Å². The predicted octanol–water partition coefficient (Wildman–Crippen LogP) is 3.97. The molecule has 0 atom stereocenters. The van der Waals surface area contributed by atoms with Crippen molar-refractivity contribution in [2.45, 2.75) is 6.92 Å². The van der Waals surface area contributed by atoms with Crippen LogP contribution in [0.15, 0.2) is 34.9 Å². The molecule has 0 unspecified atom stereocenters. The van der Waals surface area contributed by atoms with Gasteiger partial charge < -0.3 is 5.32 Å². The molecule has 1 N–H and O–H groups in total. The summed E-state index contributed by atoms with van der Waals surface area (Å²) in [4.78, 5) is 26.0. The summed E-state index contributed by atoms with van der Waals surface area (Å²) in [7, 11) is 0. The largest absolute Gasteiger partial charge is 0.322 e. The third kappa shape index (κ3) is 3.56. The number of nitro groups is 1. The molecular weight excluding hydrogens is 362 g/mol. The minimum Gasteiger partial charge on any atom is -0.322 e. The molecule has 2 rings (SSSR count). The fourth-order valence-electron chi connectivity index (χ4n) is 1.62. The number of rotatable bonds is 3. The number of aryl methyl sites for hydroxylation is 1. The summed E-state index contributed by atoms with van der Waals surface area (Å²) in [6.45, 7) is 1.91. The molecule has 0 spiro atoms. The van der Waals surface area contributed by atoms with Gasteiger partial charge in [0, 0.05) is 10.2 Å². The van der Waals surface area contributed by atoms with Crippen LogP contribution in [-0.2, 0) is 0 Å². The molecule has 0 radical (unpaired) electrons. The van der Waals surface area contributed by atoms with Gasteiger partial charge in [-0.05, 0) is 30.7 Å². The molecule has 0 aliphatic rings. The smallest absolute Gasteiger partial charge is 0.300 e. The third-order valence-corrected chi connectivity index (χ3v) is 3.78. The number of amides is 1. The second-order valence-electron chi connectivity index (χ2n) is 4.20. The summed E-state index contributed by atoms with van der Waals surface area (Å²) in [5.74, 6) is -0.623. The van der Waals surface area contributed by atoms with Crippen LogP contribution in [0, 0.1) is 17.0 Å². The number of pyridine rings is 1. The summed E-state index contributed by atoms with van der Waals surface area (Å²) in [5, 5.41) is 13.5. The Bertz CT molecular complexity index is 737. The van der Waals surface area contributed by atoms with Crippen LogP contribution in [0.5, 0.6) is 0 Å². The topological polar surface area (TPSA) is 85.1 Å². The number of hydrogen-bond donors (Lipinski definition) is 1. The van der Waals surface area contributed by atoms with Gasteiger partial charge in [0.2, 0.25) is 0 Å². The Morgan fingerprint density at radius 2 is 2.14 bits per heavy atom. The van der Waals surface area contributed by atoms with E-state index in [4.69, 9.17) is 11.6 Å². The molecule has 1 aromatic carbocycles. The van der Waals surface area contributed by atoms with Crippen molar-refractivity contribution in [3.05, 3.63) is 61.3 Å². The van der Waals surface area contributed by atoms with Gasteiger partial charge in [-0.1, -0.05) is 33.6 Å². The average Bonchev–Trinajstić information content (AvgIpc) is 2.42. The fourth-order valence-corrected chi connectivity index (χ4v) is 2.16. The van der Waals surface area contributed by atoms with E-state index in [1.54, 1.807) is 12.1 Å². The Morgan fingerprint density at radius 1 is 1.43 bits per heavy atom. The summed E-state index contributed by atoms with van der Waals surface area (Å²) in [5.41, 5.74) is 0.977. The first kappa shape index (κ1) is 15.4. The first-order valence-electron chi connectivity index (χ1n) is 5.76. The lowest BCUT2D eigenvalue weighted by atomic mass is 10.2. The molecule has 1 aromatic heterocycles. The quantitative estimate of drug-likeness (QED) is 0.503. The van der Waals surface area contributed by atoms with E-state index in [0.717, 1.165) is 22.3 Å². The molecule has 1 amide bonds. The lowest BCUT2D eigenvalue weighted by Crippen LogP contribution is -2.14. The number of anilines is 1. The van der Waals surface area contributed by atoms with E-state index in [-0.39, 0.29) is 10.7 Å². The number of carbonyl (C=O) groups excluding carboxylic acids is 1. The summed E-state index contributed by atoms with van der Waals surface area (Å²) >= 11 is 9.04. The predicted molar refractivity (Wildman–Crippen MR) is 82.7 cm³/mol. The van der Waals surface area contributed by atoms with E-state index in [2.05, 4.69) is 26.2 Å². The van der Waals surface area contributed by atoms with Gasteiger partial charge in [-0.25, -0.2) is 4.98 Å². The summed E-state index contributed by atoms with van der Waals surface area (Å²) in [6.07, 6.45) is 0.961. The number of nitrogens with zero attached hydrogens (tertiary/aromatic N) is 2. The van der Waals surface area contributed by atoms with E-state index >= 15 is 0 Å². The van der Waals surface area contributed by atoms with Crippen LogP contribution in [-0.4, -0.2) is 15.8 Å². The highest BCUT2D eigenvalue weighted by Gasteiger charge is 2.21. The van der Waals surface area contributed by atoms with Crippen LogP contribution < -0.4 is 5.32 Å². The summed E-state index contributed by atoms with van der Waals surface area (Å²) < 4.78 is 0.822. The highest BCUT2D eigenvalue weighted by Crippen LogP contribution is 2.24. The van der Waals surface area contributed by atoms with Crippen molar-refractivity contribution in [1.29, 1.82) is 0 Å². The highest BCUT2D eigenvalue weighted by molar-refractivity contribution is 9.10. The van der Waals surface area contributed by atoms with Crippen molar-refractivity contribution in [3.8, 4) is 0 Å². The van der Waals surface area contributed by atoms with Crippen LogP contribution in [0.25, 0.3) is 0 Å². The standard InChI is InChI=1S/C13H9BrClN3O3/c1-7-2-3-8(4-10(7)14)17-13(19)9-5-12(15)16-6-11(9)18(20)21/h2-6H,1H3,(H,17,19). The van der Waals surface area contributed by atoms with Crippen LogP contribution in [0.1, 0.15) is 15.9 Å². The van der Waals surface area contributed by atoms with Gasteiger partial charge in [-0.3, -0.25) is 14.9 Å². The van der Waals surface area contributed by atoms with Gasteiger partial charge >= 0.3 is 0 Å². The van der Waals surface area contributed by atoms with Gasteiger partial charge in [-0.15, -0.1) is 0 Å². The molecule has 8 heteroatoms. The lowest BCUT2D eigenvalue weighted by molar-refractivity contribution is -0.385. The Balaban J connectivity index is 2.34. The molecule has 0 bridgehead atoms. The third-order valence-electron chi connectivity index (χ3n) is 2.72. The van der Waals surface area contributed by atoms with Crippen molar-refractivity contribution >= 4 is 44.8 Å². The summed E-state index contributed by atoms with van der Waals surface area (Å²) in [6, 6.07) is 6.39. The molecule has 21 heavy (non-hydrogen) atoms. The van der Waals surface area contributed by atoms with Crippen LogP contribution in [0.3, 0.4) is 0 Å².